The highest BCUT2D eigenvalue weighted by molar-refractivity contribution is 7.10. The van der Waals surface area contributed by atoms with Crippen LogP contribution in [0.3, 0.4) is 0 Å². The zero-order valence-electron chi connectivity index (χ0n) is 31.5. The van der Waals surface area contributed by atoms with Crippen LogP contribution in [0.15, 0.2) is 35.7 Å². The lowest BCUT2D eigenvalue weighted by Gasteiger charge is -2.41. The quantitative estimate of drug-likeness (QED) is 0.180. The van der Waals surface area contributed by atoms with Crippen LogP contribution in [-0.2, 0) is 28.7 Å². The first-order chi connectivity index (χ1) is 20.5. The molecule has 0 saturated heterocycles. The molecule has 0 fully saturated rings. The predicted octanol–water partition coefficient (Wildman–Crippen LogP) is 12.1. The first-order valence-corrected chi connectivity index (χ1v) is 23.7. The van der Waals surface area contributed by atoms with E-state index < -0.39 is 22.2 Å². The zero-order valence-corrected chi connectivity index (χ0v) is 34.3. The first-order valence-electron chi connectivity index (χ1n) is 17.0. The van der Waals surface area contributed by atoms with E-state index in [9.17, 15) is 5.11 Å². The van der Waals surface area contributed by atoms with Crippen molar-refractivity contribution in [3.05, 3.63) is 57.3 Å². The van der Waals surface area contributed by atoms with Crippen LogP contribution in [0.2, 0.25) is 36.3 Å². The fourth-order valence-electron chi connectivity index (χ4n) is 4.94. The second-order valence-electron chi connectivity index (χ2n) is 16.5. The Morgan fingerprint density at radius 3 is 1.80 bits per heavy atom. The molecule has 0 unspecified atom stereocenters. The molecular weight excluding hydrogens is 609 g/mol. The molecule has 0 atom stereocenters. The van der Waals surface area contributed by atoms with Crippen LogP contribution in [0.5, 0.6) is 5.75 Å². The highest BCUT2D eigenvalue weighted by atomic mass is 32.1. The van der Waals surface area contributed by atoms with Crippen LogP contribution >= 0.6 is 11.3 Å². The van der Waals surface area contributed by atoms with Gasteiger partial charge in [0.15, 0.2) is 16.6 Å². The van der Waals surface area contributed by atoms with Gasteiger partial charge in [-0.15, -0.1) is 11.3 Å². The monoisotopic (exact) mass is 674 g/mol. The molecule has 0 radical (unpaired) electrons. The van der Waals surface area contributed by atoms with Gasteiger partial charge in [0.1, 0.15) is 12.4 Å². The lowest BCUT2D eigenvalue weighted by Crippen LogP contribution is -2.43. The average molecular weight is 675 g/mol. The van der Waals surface area contributed by atoms with Crippen molar-refractivity contribution in [2.45, 2.75) is 164 Å². The molecule has 0 amide bonds. The fraction of sp³-hybridized carbons (Fsp3) is 0.684. The molecule has 1 N–H and O–H groups in total. The molecule has 1 heterocycles. The number of hydrogen-bond acceptors (Lipinski definition) is 5. The van der Waals surface area contributed by atoms with Crippen LogP contribution < -0.4 is 4.74 Å². The van der Waals surface area contributed by atoms with Crippen molar-refractivity contribution >= 4 is 33.5 Å². The minimum absolute atomic E-state index is 0.143. The summed E-state index contributed by atoms with van der Waals surface area (Å²) in [5.74, 6) is 0.862. The van der Waals surface area contributed by atoms with E-state index in [1.54, 1.807) is 11.3 Å². The van der Waals surface area contributed by atoms with E-state index in [2.05, 4.69) is 138 Å². The van der Waals surface area contributed by atoms with E-state index in [4.69, 9.17) is 13.6 Å². The molecule has 0 saturated carbocycles. The number of rotatable bonds is 16. The van der Waals surface area contributed by atoms with Gasteiger partial charge in [-0.3, -0.25) is 0 Å². The summed E-state index contributed by atoms with van der Waals surface area (Å²) in [7, 11) is -3.82. The third kappa shape index (κ3) is 10.4. The number of ether oxygens (including phenoxy) is 1. The maximum atomic E-state index is 11.2. The van der Waals surface area contributed by atoms with E-state index in [-0.39, 0.29) is 15.5 Å². The molecule has 256 valence electrons. The molecule has 2 rings (SSSR count). The van der Waals surface area contributed by atoms with E-state index in [1.807, 2.05) is 0 Å². The van der Waals surface area contributed by atoms with Crippen molar-refractivity contribution in [2.24, 2.45) is 5.41 Å². The maximum Gasteiger partial charge on any atom is 0.192 e. The molecule has 7 heteroatoms. The Kier molecular flexibility index (Phi) is 13.6. The summed E-state index contributed by atoms with van der Waals surface area (Å²) in [5.41, 5.74) is 4.08. The molecule has 0 bridgehead atoms. The SMILES string of the molecule is CCC(=CCC(C)(C)C(O)(CC)CC)c1csc(COc2ccc(CO[Si](C)(C)C(C)(C)C)c(CO[Si](C)(C)C(C)(C)C)c2)c1. The van der Waals surface area contributed by atoms with Crippen LogP contribution in [0.4, 0.5) is 0 Å². The van der Waals surface area contributed by atoms with E-state index in [1.165, 1.54) is 21.6 Å². The summed E-state index contributed by atoms with van der Waals surface area (Å²) in [6.07, 6.45) is 5.67. The summed E-state index contributed by atoms with van der Waals surface area (Å²) in [5, 5.41) is 13.7. The van der Waals surface area contributed by atoms with Gasteiger partial charge in [-0.05, 0) is 113 Å². The molecule has 0 aliphatic rings. The standard InChI is InChI=1S/C38H66O4SSi2/c1-16-29(21-22-37(10,11)38(39,17-2)18-3)32-24-34(43-28-32)27-40-33-20-19-30(25-41-44(12,13)35(4,5)6)31(23-33)26-42-45(14,15)36(7,8)9/h19-21,23-24,28,39H,16-18,22,25-27H2,1-15H3. The fourth-order valence-corrected chi connectivity index (χ4v) is 7.66. The van der Waals surface area contributed by atoms with Crippen molar-refractivity contribution in [1.82, 2.24) is 0 Å². The summed E-state index contributed by atoms with van der Waals surface area (Å²) in [4.78, 5) is 1.20. The van der Waals surface area contributed by atoms with Gasteiger partial charge in [0.05, 0.1) is 18.8 Å². The largest absolute Gasteiger partial charge is 0.488 e. The lowest BCUT2D eigenvalue weighted by atomic mass is 9.69. The summed E-state index contributed by atoms with van der Waals surface area (Å²) in [6.45, 7) is 35.4. The highest BCUT2D eigenvalue weighted by Gasteiger charge is 2.40. The molecule has 1 aromatic carbocycles. The molecule has 45 heavy (non-hydrogen) atoms. The molecule has 1 aromatic heterocycles. The van der Waals surface area contributed by atoms with Crippen molar-refractivity contribution in [1.29, 1.82) is 0 Å². The number of thiophene rings is 1. The second kappa shape index (κ2) is 15.3. The minimum atomic E-state index is -1.92. The predicted molar refractivity (Wildman–Crippen MR) is 201 cm³/mol. The Morgan fingerprint density at radius 2 is 1.31 bits per heavy atom. The molecule has 2 aromatic rings. The Morgan fingerprint density at radius 1 is 0.778 bits per heavy atom. The third-order valence-electron chi connectivity index (χ3n) is 11.0. The highest BCUT2D eigenvalue weighted by Crippen LogP contribution is 2.41. The van der Waals surface area contributed by atoms with E-state index in [0.717, 1.165) is 37.0 Å². The summed E-state index contributed by atoms with van der Waals surface area (Å²) in [6, 6.07) is 8.67. The smallest absolute Gasteiger partial charge is 0.192 e. The van der Waals surface area contributed by atoms with Crippen LogP contribution in [-0.4, -0.2) is 27.3 Å². The number of allylic oxidation sites excluding steroid dienone is 2. The van der Waals surface area contributed by atoms with Gasteiger partial charge in [-0.2, -0.15) is 0 Å². The molecule has 0 spiro atoms. The van der Waals surface area contributed by atoms with Gasteiger partial charge in [0.2, 0.25) is 0 Å². The van der Waals surface area contributed by atoms with Crippen LogP contribution in [0, 0.1) is 5.41 Å². The Balaban J connectivity index is 2.24. The summed E-state index contributed by atoms with van der Waals surface area (Å²) < 4.78 is 19.7. The first kappa shape index (κ1) is 40.0. The maximum absolute atomic E-state index is 11.2. The molecule has 0 aliphatic carbocycles. The Bertz CT molecular complexity index is 1260. The Hall–Kier alpha value is -1.23. The van der Waals surface area contributed by atoms with Gasteiger partial charge >= 0.3 is 0 Å². The van der Waals surface area contributed by atoms with Crippen molar-refractivity contribution in [3.8, 4) is 5.75 Å². The van der Waals surface area contributed by atoms with Gasteiger partial charge < -0.3 is 18.7 Å². The second-order valence-corrected chi connectivity index (χ2v) is 27.1. The van der Waals surface area contributed by atoms with Crippen LogP contribution in [0.25, 0.3) is 5.57 Å². The van der Waals surface area contributed by atoms with Gasteiger partial charge in [0, 0.05) is 4.88 Å². The van der Waals surface area contributed by atoms with Gasteiger partial charge in [-0.1, -0.05) is 88.3 Å². The van der Waals surface area contributed by atoms with Gasteiger partial charge in [-0.25, -0.2) is 0 Å². The average Bonchev–Trinajstić information content (AvgIpc) is 3.41. The lowest BCUT2D eigenvalue weighted by molar-refractivity contribution is -0.0716. The third-order valence-corrected chi connectivity index (χ3v) is 20.9. The number of aliphatic hydroxyl groups is 1. The molecule has 0 aliphatic heterocycles. The van der Waals surface area contributed by atoms with Crippen molar-refractivity contribution < 1.29 is 18.7 Å². The van der Waals surface area contributed by atoms with Crippen LogP contribution in [0.1, 0.15) is 123 Å². The van der Waals surface area contributed by atoms with E-state index >= 15 is 0 Å². The van der Waals surface area contributed by atoms with E-state index in [0.29, 0.717) is 19.8 Å². The number of benzene rings is 1. The van der Waals surface area contributed by atoms with Crippen molar-refractivity contribution in [3.63, 3.8) is 0 Å². The molecular formula is C38H66O4SSi2. The van der Waals surface area contributed by atoms with Crippen molar-refractivity contribution in [2.75, 3.05) is 0 Å². The minimum Gasteiger partial charge on any atom is -0.488 e. The normalized spacial score (nSPS) is 14.3. The Labute approximate surface area is 283 Å². The zero-order chi connectivity index (χ0) is 34.5. The topological polar surface area (TPSA) is 47.9 Å². The summed E-state index contributed by atoms with van der Waals surface area (Å²) >= 11 is 1.75. The van der Waals surface area contributed by atoms with Gasteiger partial charge in [0.25, 0.3) is 0 Å². The number of hydrogen-bond donors (Lipinski definition) is 1. The molecule has 4 nitrogen and oxygen atoms in total.